The van der Waals surface area contributed by atoms with Gasteiger partial charge in [-0.25, -0.2) is 0 Å². The van der Waals surface area contributed by atoms with Crippen molar-refractivity contribution in [2.75, 3.05) is 13.1 Å². The van der Waals surface area contributed by atoms with Gasteiger partial charge in [0.1, 0.15) is 0 Å². The molecule has 0 aromatic rings. The fraction of sp³-hybridized carbons (Fsp3) is 0.800. The van der Waals surface area contributed by atoms with Crippen LogP contribution in [0.1, 0.15) is 20.3 Å². The summed E-state index contributed by atoms with van der Waals surface area (Å²) in [4.78, 5) is 0. The van der Waals surface area contributed by atoms with Crippen molar-refractivity contribution < 1.29 is 5.11 Å². The zero-order chi connectivity index (χ0) is 8.97. The van der Waals surface area contributed by atoms with Crippen molar-refractivity contribution >= 4 is 0 Å². The Morgan fingerprint density at radius 3 is 3.00 bits per heavy atom. The molecule has 1 aliphatic heterocycles. The van der Waals surface area contributed by atoms with E-state index in [0.717, 1.165) is 19.5 Å². The topological polar surface area (TPSA) is 32.3 Å². The van der Waals surface area contributed by atoms with Gasteiger partial charge in [0.2, 0.25) is 0 Å². The molecule has 12 heavy (non-hydrogen) atoms. The van der Waals surface area contributed by atoms with Gasteiger partial charge >= 0.3 is 0 Å². The maximum absolute atomic E-state index is 9.85. The third-order valence-corrected chi connectivity index (χ3v) is 2.65. The average Bonchev–Trinajstić information content (AvgIpc) is 2.07. The minimum atomic E-state index is -0.181. The summed E-state index contributed by atoms with van der Waals surface area (Å²) in [5.74, 6) is 0.710. The predicted molar refractivity (Wildman–Crippen MR) is 51.0 cm³/mol. The third-order valence-electron chi connectivity index (χ3n) is 2.65. The van der Waals surface area contributed by atoms with Gasteiger partial charge in [0.25, 0.3) is 0 Å². The summed E-state index contributed by atoms with van der Waals surface area (Å²) in [6, 6.07) is 0. The van der Waals surface area contributed by atoms with E-state index in [4.69, 9.17) is 0 Å². The molecule has 1 rings (SSSR count). The van der Waals surface area contributed by atoms with Crippen LogP contribution in [0, 0.1) is 11.8 Å². The highest BCUT2D eigenvalue weighted by Gasteiger charge is 2.22. The Morgan fingerprint density at radius 2 is 2.33 bits per heavy atom. The molecule has 0 aliphatic carbocycles. The number of aliphatic hydroxyl groups excluding tert-OH is 1. The van der Waals surface area contributed by atoms with Crippen LogP contribution in [0.5, 0.6) is 0 Å². The van der Waals surface area contributed by atoms with E-state index >= 15 is 0 Å². The molecular weight excluding hydrogens is 150 g/mol. The van der Waals surface area contributed by atoms with Crippen LogP contribution in [-0.2, 0) is 0 Å². The van der Waals surface area contributed by atoms with Crippen molar-refractivity contribution in [2.24, 2.45) is 11.8 Å². The largest absolute Gasteiger partial charge is 0.392 e. The zero-order valence-electron chi connectivity index (χ0n) is 7.96. The molecule has 0 amide bonds. The fourth-order valence-corrected chi connectivity index (χ4v) is 1.68. The summed E-state index contributed by atoms with van der Waals surface area (Å²) in [7, 11) is 0. The first kappa shape index (κ1) is 9.75. The fourth-order valence-electron chi connectivity index (χ4n) is 1.68. The lowest BCUT2D eigenvalue weighted by molar-refractivity contribution is 0.0712. The van der Waals surface area contributed by atoms with Gasteiger partial charge < -0.3 is 10.4 Å². The Bertz CT molecular complexity index is 156. The van der Waals surface area contributed by atoms with Crippen LogP contribution in [0.25, 0.3) is 0 Å². The molecule has 0 saturated heterocycles. The van der Waals surface area contributed by atoms with Gasteiger partial charge in [0.15, 0.2) is 0 Å². The monoisotopic (exact) mass is 169 g/mol. The molecule has 0 spiro atoms. The molecule has 3 unspecified atom stereocenters. The Kier molecular flexibility index (Phi) is 3.76. The highest BCUT2D eigenvalue weighted by atomic mass is 16.3. The summed E-state index contributed by atoms with van der Waals surface area (Å²) < 4.78 is 0. The molecular formula is C10H19NO. The molecule has 0 radical (unpaired) electrons. The lowest BCUT2D eigenvalue weighted by Gasteiger charge is -2.27. The molecule has 0 bridgehead atoms. The van der Waals surface area contributed by atoms with Crippen LogP contribution in [0.3, 0.4) is 0 Å². The van der Waals surface area contributed by atoms with Crippen molar-refractivity contribution in [3.8, 4) is 0 Å². The maximum Gasteiger partial charge on any atom is 0.0640 e. The van der Waals surface area contributed by atoms with Crippen molar-refractivity contribution in [1.82, 2.24) is 5.32 Å². The number of aliphatic hydroxyl groups is 1. The van der Waals surface area contributed by atoms with E-state index < -0.39 is 0 Å². The minimum Gasteiger partial charge on any atom is -0.392 e. The van der Waals surface area contributed by atoms with Crippen LogP contribution in [-0.4, -0.2) is 24.3 Å². The molecule has 0 aromatic heterocycles. The lowest BCUT2D eigenvalue weighted by Crippen LogP contribution is -2.36. The Morgan fingerprint density at radius 1 is 1.58 bits per heavy atom. The van der Waals surface area contributed by atoms with Gasteiger partial charge in [0.05, 0.1) is 6.10 Å². The van der Waals surface area contributed by atoms with Gasteiger partial charge in [0, 0.05) is 19.0 Å². The number of hydrogen-bond donors (Lipinski definition) is 2. The van der Waals surface area contributed by atoms with Gasteiger partial charge in [-0.05, 0) is 12.3 Å². The number of hydrogen-bond acceptors (Lipinski definition) is 2. The Hall–Kier alpha value is -0.340. The van der Waals surface area contributed by atoms with Crippen molar-refractivity contribution in [1.29, 1.82) is 0 Å². The van der Waals surface area contributed by atoms with E-state index in [2.05, 4.69) is 31.3 Å². The molecule has 3 atom stereocenters. The SMILES string of the molecule is CCC1CNCC=CC(C)C1O. The van der Waals surface area contributed by atoms with Gasteiger partial charge in [-0.3, -0.25) is 0 Å². The quantitative estimate of drug-likeness (QED) is 0.577. The normalized spacial score (nSPS) is 37.4. The second-order valence-electron chi connectivity index (χ2n) is 3.60. The molecule has 1 aliphatic rings. The Labute approximate surface area is 74.7 Å². The van der Waals surface area contributed by atoms with Crippen LogP contribution in [0.15, 0.2) is 12.2 Å². The molecule has 0 fully saturated rings. The minimum absolute atomic E-state index is 0.181. The summed E-state index contributed by atoms with van der Waals surface area (Å²) in [6.45, 7) is 6.09. The average molecular weight is 169 g/mol. The van der Waals surface area contributed by atoms with Crippen molar-refractivity contribution in [2.45, 2.75) is 26.4 Å². The predicted octanol–water partition coefficient (Wildman–Crippen LogP) is 1.17. The summed E-state index contributed by atoms with van der Waals surface area (Å²) in [5.41, 5.74) is 0. The van der Waals surface area contributed by atoms with Crippen LogP contribution in [0.4, 0.5) is 0 Å². The summed E-state index contributed by atoms with van der Waals surface area (Å²) >= 11 is 0. The van der Waals surface area contributed by atoms with Crippen LogP contribution in [0.2, 0.25) is 0 Å². The van der Waals surface area contributed by atoms with E-state index in [1.54, 1.807) is 0 Å². The first-order valence-corrected chi connectivity index (χ1v) is 4.81. The van der Waals surface area contributed by atoms with E-state index in [-0.39, 0.29) is 6.10 Å². The second-order valence-corrected chi connectivity index (χ2v) is 3.60. The van der Waals surface area contributed by atoms with Crippen LogP contribution >= 0.6 is 0 Å². The first-order chi connectivity index (χ1) is 5.75. The molecule has 2 heteroatoms. The van der Waals surface area contributed by atoms with E-state index in [1.165, 1.54) is 0 Å². The van der Waals surface area contributed by atoms with Crippen molar-refractivity contribution in [3.05, 3.63) is 12.2 Å². The van der Waals surface area contributed by atoms with Gasteiger partial charge in [-0.1, -0.05) is 26.0 Å². The standard InChI is InChI=1S/C10H19NO/c1-3-9-7-11-6-4-5-8(2)10(9)12/h4-5,8-12H,3,6-7H2,1-2H3. The van der Waals surface area contributed by atoms with E-state index in [0.29, 0.717) is 11.8 Å². The number of rotatable bonds is 1. The second kappa shape index (κ2) is 4.63. The number of nitrogens with one attached hydrogen (secondary N) is 1. The van der Waals surface area contributed by atoms with E-state index in [1.807, 2.05) is 0 Å². The highest BCUT2D eigenvalue weighted by Crippen LogP contribution is 2.18. The first-order valence-electron chi connectivity index (χ1n) is 4.81. The highest BCUT2D eigenvalue weighted by molar-refractivity contribution is 4.95. The van der Waals surface area contributed by atoms with Crippen LogP contribution < -0.4 is 5.32 Å². The molecule has 1 heterocycles. The lowest BCUT2D eigenvalue weighted by atomic mass is 9.89. The van der Waals surface area contributed by atoms with E-state index in [9.17, 15) is 5.11 Å². The molecule has 2 N–H and O–H groups in total. The molecule has 0 aromatic carbocycles. The van der Waals surface area contributed by atoms with Crippen molar-refractivity contribution in [3.63, 3.8) is 0 Å². The third kappa shape index (κ3) is 2.32. The zero-order valence-corrected chi connectivity index (χ0v) is 7.96. The van der Waals surface area contributed by atoms with Gasteiger partial charge in [-0.2, -0.15) is 0 Å². The maximum atomic E-state index is 9.85. The molecule has 0 saturated carbocycles. The Balaban J connectivity index is 2.59. The summed E-state index contributed by atoms with van der Waals surface area (Å²) in [5, 5.41) is 13.1. The molecule has 2 nitrogen and oxygen atoms in total. The summed E-state index contributed by atoms with van der Waals surface area (Å²) in [6.07, 6.45) is 5.06. The smallest absolute Gasteiger partial charge is 0.0640 e. The van der Waals surface area contributed by atoms with Gasteiger partial charge in [-0.15, -0.1) is 0 Å². The molecule has 70 valence electrons.